The van der Waals surface area contributed by atoms with Crippen LogP contribution in [0.15, 0.2) is 85.5 Å². The summed E-state index contributed by atoms with van der Waals surface area (Å²) in [4.78, 5) is 25.0. The average Bonchev–Trinajstić information content (AvgIpc) is 3.54. The second-order valence-electron chi connectivity index (χ2n) is 10.9. The lowest BCUT2D eigenvalue weighted by Crippen LogP contribution is -2.52. The molecule has 1 saturated carbocycles. The second-order valence-corrected chi connectivity index (χ2v) is 10.9. The molecule has 0 atom stereocenters. The van der Waals surface area contributed by atoms with Gasteiger partial charge < -0.3 is 15.0 Å². The zero-order chi connectivity index (χ0) is 26.3. The molecule has 1 fully saturated rings. The summed E-state index contributed by atoms with van der Waals surface area (Å²) in [6, 6.07) is 22.9. The summed E-state index contributed by atoms with van der Waals surface area (Å²) in [7, 11) is 0. The molecule has 5 aromatic rings. The molecule has 0 saturated heterocycles. The Balaban J connectivity index is 1.39. The molecule has 0 bridgehead atoms. The van der Waals surface area contributed by atoms with E-state index in [0.717, 1.165) is 64.2 Å². The summed E-state index contributed by atoms with van der Waals surface area (Å²) in [5.41, 5.74) is 7.06. The number of hydrogen-bond donors (Lipinski definition) is 2. The fourth-order valence-corrected chi connectivity index (χ4v) is 5.16. The zero-order valence-electron chi connectivity index (χ0n) is 21.9. The molecule has 1 aliphatic carbocycles. The first-order valence-electron chi connectivity index (χ1n) is 13.0. The number of H-pyrrole nitrogens is 1. The van der Waals surface area contributed by atoms with E-state index >= 15 is 0 Å². The van der Waals surface area contributed by atoms with Gasteiger partial charge in [-0.1, -0.05) is 54.6 Å². The summed E-state index contributed by atoms with van der Waals surface area (Å²) in [5, 5.41) is 3.15. The van der Waals surface area contributed by atoms with Gasteiger partial charge >= 0.3 is 6.09 Å². The van der Waals surface area contributed by atoms with Crippen LogP contribution in [0, 0.1) is 0 Å². The van der Waals surface area contributed by atoms with Crippen LogP contribution >= 0.6 is 0 Å². The molecule has 7 heteroatoms. The number of amides is 1. The Morgan fingerprint density at radius 2 is 1.76 bits per heavy atom. The number of nitrogens with zero attached hydrogens (tertiary/aromatic N) is 3. The van der Waals surface area contributed by atoms with Crippen molar-refractivity contribution in [3.05, 3.63) is 91.0 Å². The highest BCUT2D eigenvalue weighted by Crippen LogP contribution is 2.42. The van der Waals surface area contributed by atoms with Crippen molar-refractivity contribution in [3.63, 3.8) is 0 Å². The average molecular weight is 506 g/mol. The van der Waals surface area contributed by atoms with Crippen molar-refractivity contribution in [2.45, 2.75) is 51.2 Å². The summed E-state index contributed by atoms with van der Waals surface area (Å²) < 4.78 is 7.68. The van der Waals surface area contributed by atoms with Gasteiger partial charge in [0.25, 0.3) is 0 Å². The van der Waals surface area contributed by atoms with Crippen LogP contribution in [0.1, 0.15) is 45.6 Å². The van der Waals surface area contributed by atoms with Gasteiger partial charge in [0.05, 0.1) is 35.1 Å². The smallest absolute Gasteiger partial charge is 0.408 e. The molecule has 3 aromatic heterocycles. The van der Waals surface area contributed by atoms with Crippen LogP contribution in [-0.2, 0) is 10.3 Å². The fourth-order valence-electron chi connectivity index (χ4n) is 5.16. The van der Waals surface area contributed by atoms with Crippen molar-refractivity contribution in [1.82, 2.24) is 24.7 Å². The van der Waals surface area contributed by atoms with Crippen LogP contribution in [0.5, 0.6) is 0 Å². The van der Waals surface area contributed by atoms with Gasteiger partial charge in [0.2, 0.25) is 0 Å². The van der Waals surface area contributed by atoms with Crippen molar-refractivity contribution in [1.29, 1.82) is 0 Å². The molecule has 0 radical (unpaired) electrons. The minimum absolute atomic E-state index is 0.374. The topological polar surface area (TPSA) is 84.3 Å². The fraction of sp³-hybridized carbons (Fsp3) is 0.258. The third kappa shape index (κ3) is 4.45. The maximum absolute atomic E-state index is 12.6. The Morgan fingerprint density at radius 3 is 2.39 bits per heavy atom. The van der Waals surface area contributed by atoms with Crippen molar-refractivity contribution in [2.24, 2.45) is 0 Å². The Kier molecular flexibility index (Phi) is 5.79. The van der Waals surface area contributed by atoms with Crippen molar-refractivity contribution in [2.75, 3.05) is 0 Å². The number of hydrogen-bond acceptors (Lipinski definition) is 4. The third-order valence-electron chi connectivity index (χ3n) is 7.14. The predicted molar refractivity (Wildman–Crippen MR) is 149 cm³/mol. The number of benzene rings is 2. The van der Waals surface area contributed by atoms with Gasteiger partial charge in [-0.3, -0.25) is 4.40 Å². The highest BCUT2D eigenvalue weighted by molar-refractivity contribution is 5.83. The summed E-state index contributed by atoms with van der Waals surface area (Å²) in [6.45, 7) is 5.64. The lowest BCUT2D eigenvalue weighted by molar-refractivity contribution is 0.0377. The first kappa shape index (κ1) is 24.0. The van der Waals surface area contributed by atoms with Crippen LogP contribution in [-0.4, -0.2) is 31.0 Å². The largest absolute Gasteiger partial charge is 0.444 e. The van der Waals surface area contributed by atoms with Gasteiger partial charge in [0.1, 0.15) is 11.2 Å². The van der Waals surface area contributed by atoms with Crippen LogP contribution in [0.3, 0.4) is 0 Å². The number of carbonyl (C=O) groups is 1. The molecule has 7 nitrogen and oxygen atoms in total. The maximum atomic E-state index is 12.6. The number of aromatic nitrogens is 4. The highest BCUT2D eigenvalue weighted by Gasteiger charge is 2.41. The maximum Gasteiger partial charge on any atom is 0.408 e. The standard InChI is InChI=1S/C31H31N5O2/c1-30(2,3)38-29(37)35-31(15-7-16-31)24-12-10-21(11-13-24)27-28(22-8-5-4-6-9-22)36-17-14-23(18-26(36)34-27)25-19-32-20-33-25/h4-6,8-14,17-20H,7,15-16H2,1-3H3,(H,32,33)(H,35,37). The summed E-state index contributed by atoms with van der Waals surface area (Å²) in [6.07, 6.45) is 8.04. The third-order valence-corrected chi connectivity index (χ3v) is 7.14. The number of rotatable bonds is 5. The van der Waals surface area contributed by atoms with E-state index in [1.54, 1.807) is 6.33 Å². The van der Waals surface area contributed by atoms with Crippen LogP contribution in [0.4, 0.5) is 4.79 Å². The molecule has 0 unspecified atom stereocenters. The lowest BCUT2D eigenvalue weighted by Gasteiger charge is -2.43. The number of aromatic amines is 1. The molecule has 3 heterocycles. The minimum atomic E-state index is -0.535. The molecule has 0 spiro atoms. The molecule has 2 aromatic carbocycles. The van der Waals surface area contributed by atoms with E-state index in [1.165, 1.54) is 0 Å². The molecule has 192 valence electrons. The summed E-state index contributed by atoms with van der Waals surface area (Å²) >= 11 is 0. The molecule has 6 rings (SSSR count). The first-order valence-corrected chi connectivity index (χ1v) is 13.0. The van der Waals surface area contributed by atoms with Crippen LogP contribution in [0.2, 0.25) is 0 Å². The number of ether oxygens (including phenoxy) is 1. The molecule has 1 aliphatic rings. The zero-order valence-corrected chi connectivity index (χ0v) is 21.9. The van der Waals surface area contributed by atoms with Crippen molar-refractivity contribution >= 4 is 11.7 Å². The molecule has 38 heavy (non-hydrogen) atoms. The van der Waals surface area contributed by atoms with E-state index in [0.29, 0.717) is 0 Å². The number of fused-ring (bicyclic) bond motifs is 1. The van der Waals surface area contributed by atoms with E-state index < -0.39 is 5.60 Å². The number of carbonyl (C=O) groups excluding carboxylic acids is 1. The Hall–Kier alpha value is -4.39. The van der Waals surface area contributed by atoms with Crippen molar-refractivity contribution in [3.8, 4) is 33.8 Å². The van der Waals surface area contributed by atoms with Crippen LogP contribution in [0.25, 0.3) is 39.4 Å². The Labute approximate surface area is 221 Å². The second kappa shape index (κ2) is 9.17. The molecule has 1 amide bonds. The number of pyridine rings is 1. The number of imidazole rings is 2. The molecule has 0 aliphatic heterocycles. The quantitative estimate of drug-likeness (QED) is 0.270. The van der Waals surface area contributed by atoms with Gasteiger partial charge in [-0.2, -0.15) is 0 Å². The van der Waals surface area contributed by atoms with E-state index in [9.17, 15) is 4.79 Å². The Morgan fingerprint density at radius 1 is 1.00 bits per heavy atom. The van der Waals surface area contributed by atoms with E-state index in [2.05, 4.69) is 74.4 Å². The molecular formula is C31H31N5O2. The van der Waals surface area contributed by atoms with Gasteiger partial charge in [-0.15, -0.1) is 0 Å². The number of alkyl carbamates (subject to hydrolysis) is 1. The first-order chi connectivity index (χ1) is 18.3. The van der Waals surface area contributed by atoms with E-state index in [4.69, 9.17) is 9.72 Å². The highest BCUT2D eigenvalue weighted by atomic mass is 16.6. The molecule has 2 N–H and O–H groups in total. The van der Waals surface area contributed by atoms with Gasteiger partial charge in [-0.05, 0) is 57.7 Å². The van der Waals surface area contributed by atoms with Gasteiger partial charge in [-0.25, -0.2) is 14.8 Å². The lowest BCUT2D eigenvalue weighted by atomic mass is 9.71. The van der Waals surface area contributed by atoms with Gasteiger partial charge in [0.15, 0.2) is 0 Å². The Bertz CT molecular complexity index is 1580. The predicted octanol–water partition coefficient (Wildman–Crippen LogP) is 6.96. The molecular weight excluding hydrogens is 474 g/mol. The minimum Gasteiger partial charge on any atom is -0.444 e. The van der Waals surface area contributed by atoms with Crippen LogP contribution < -0.4 is 5.32 Å². The number of nitrogens with one attached hydrogen (secondary N) is 2. The van der Waals surface area contributed by atoms with Gasteiger partial charge in [0, 0.05) is 22.9 Å². The van der Waals surface area contributed by atoms with E-state index in [-0.39, 0.29) is 11.6 Å². The normalized spacial score (nSPS) is 14.7. The monoisotopic (exact) mass is 505 g/mol. The summed E-state index contributed by atoms with van der Waals surface area (Å²) in [5.74, 6) is 0. The van der Waals surface area contributed by atoms with Crippen molar-refractivity contribution < 1.29 is 9.53 Å². The van der Waals surface area contributed by atoms with E-state index in [1.807, 2.05) is 45.2 Å². The SMILES string of the molecule is CC(C)(C)OC(=O)NC1(c2ccc(-c3nc4cc(-c5cnc[nH]5)ccn4c3-c3ccccc3)cc2)CCC1.